The highest BCUT2D eigenvalue weighted by molar-refractivity contribution is 5.52. The SMILES string of the molecule is CCNCc1c(C)cc(C)nc1N1CCN(C)C(CC)C1. The van der Waals surface area contributed by atoms with Gasteiger partial charge in [0.1, 0.15) is 5.82 Å². The Hall–Kier alpha value is -1.13. The minimum absolute atomic E-state index is 0.633. The molecule has 0 bridgehead atoms. The number of aromatic nitrogens is 1. The lowest BCUT2D eigenvalue weighted by atomic mass is 10.1. The smallest absolute Gasteiger partial charge is 0.133 e. The Balaban J connectivity index is 2.28. The first-order chi connectivity index (χ1) is 10.1. The van der Waals surface area contributed by atoms with Gasteiger partial charge in [-0.2, -0.15) is 0 Å². The molecule has 0 radical (unpaired) electrons. The summed E-state index contributed by atoms with van der Waals surface area (Å²) >= 11 is 0. The first-order valence-electron chi connectivity index (χ1n) is 8.19. The third-order valence-corrected chi connectivity index (χ3v) is 4.55. The number of nitrogens with zero attached hydrogens (tertiary/aromatic N) is 3. The molecule has 0 aromatic carbocycles. The first kappa shape index (κ1) is 16.2. The molecule has 4 heteroatoms. The quantitative estimate of drug-likeness (QED) is 0.902. The van der Waals surface area contributed by atoms with Gasteiger partial charge < -0.3 is 10.2 Å². The van der Waals surface area contributed by atoms with Crippen molar-refractivity contribution in [3.63, 3.8) is 0 Å². The van der Waals surface area contributed by atoms with Crippen LogP contribution in [0.5, 0.6) is 0 Å². The predicted molar refractivity (Wildman–Crippen MR) is 90.0 cm³/mol. The van der Waals surface area contributed by atoms with Gasteiger partial charge in [-0.25, -0.2) is 4.98 Å². The second kappa shape index (κ2) is 7.23. The molecule has 21 heavy (non-hydrogen) atoms. The van der Waals surface area contributed by atoms with Gasteiger partial charge in [-0.3, -0.25) is 4.90 Å². The predicted octanol–water partition coefficient (Wildman–Crippen LogP) is 2.34. The average Bonchev–Trinajstić information content (AvgIpc) is 2.46. The fourth-order valence-electron chi connectivity index (χ4n) is 3.15. The van der Waals surface area contributed by atoms with Gasteiger partial charge in [0.25, 0.3) is 0 Å². The summed E-state index contributed by atoms with van der Waals surface area (Å²) in [5.74, 6) is 1.19. The number of likely N-dealkylation sites (N-methyl/N-ethyl adjacent to an activating group) is 1. The van der Waals surface area contributed by atoms with Crippen LogP contribution in [0.3, 0.4) is 0 Å². The molecule has 4 nitrogen and oxygen atoms in total. The molecule has 1 aliphatic rings. The van der Waals surface area contributed by atoms with E-state index in [1.165, 1.54) is 23.4 Å². The number of pyridine rings is 1. The van der Waals surface area contributed by atoms with E-state index in [4.69, 9.17) is 4.98 Å². The molecule has 2 heterocycles. The van der Waals surface area contributed by atoms with Crippen molar-refractivity contribution in [3.05, 3.63) is 22.9 Å². The zero-order valence-electron chi connectivity index (χ0n) is 14.2. The van der Waals surface area contributed by atoms with Crippen molar-refractivity contribution >= 4 is 5.82 Å². The molecule has 1 aliphatic heterocycles. The Morgan fingerprint density at radius 3 is 2.71 bits per heavy atom. The molecule has 1 aromatic heterocycles. The Kier molecular flexibility index (Phi) is 5.59. The highest BCUT2D eigenvalue weighted by atomic mass is 15.3. The molecule has 1 fully saturated rings. The van der Waals surface area contributed by atoms with E-state index in [9.17, 15) is 0 Å². The molecule has 1 N–H and O–H groups in total. The Morgan fingerprint density at radius 2 is 2.05 bits per heavy atom. The third kappa shape index (κ3) is 3.74. The second-order valence-electron chi connectivity index (χ2n) is 6.15. The summed E-state index contributed by atoms with van der Waals surface area (Å²) < 4.78 is 0. The average molecular weight is 290 g/mol. The lowest BCUT2D eigenvalue weighted by Crippen LogP contribution is -2.51. The lowest BCUT2D eigenvalue weighted by Gasteiger charge is -2.40. The third-order valence-electron chi connectivity index (χ3n) is 4.55. The van der Waals surface area contributed by atoms with E-state index >= 15 is 0 Å². The zero-order valence-corrected chi connectivity index (χ0v) is 14.2. The number of hydrogen-bond acceptors (Lipinski definition) is 4. The van der Waals surface area contributed by atoms with Crippen molar-refractivity contribution < 1.29 is 0 Å². The molecule has 1 saturated heterocycles. The number of piperazine rings is 1. The van der Waals surface area contributed by atoms with Crippen molar-refractivity contribution in [3.8, 4) is 0 Å². The van der Waals surface area contributed by atoms with Crippen LogP contribution >= 0.6 is 0 Å². The zero-order chi connectivity index (χ0) is 15.4. The fourth-order valence-corrected chi connectivity index (χ4v) is 3.15. The summed E-state index contributed by atoms with van der Waals surface area (Å²) in [6, 6.07) is 2.83. The van der Waals surface area contributed by atoms with Gasteiger partial charge in [0, 0.05) is 43.5 Å². The van der Waals surface area contributed by atoms with Crippen LogP contribution in [0.25, 0.3) is 0 Å². The summed E-state index contributed by atoms with van der Waals surface area (Å²) in [5, 5.41) is 3.46. The molecule has 1 aromatic rings. The van der Waals surface area contributed by atoms with Gasteiger partial charge in [-0.1, -0.05) is 13.8 Å². The van der Waals surface area contributed by atoms with Crippen LogP contribution in [0.15, 0.2) is 6.07 Å². The van der Waals surface area contributed by atoms with Gasteiger partial charge in [0.15, 0.2) is 0 Å². The Labute approximate surface area is 129 Å². The van der Waals surface area contributed by atoms with E-state index in [0.717, 1.165) is 38.4 Å². The van der Waals surface area contributed by atoms with E-state index in [2.05, 4.69) is 55.9 Å². The summed E-state index contributed by atoms with van der Waals surface area (Å²) in [6.45, 7) is 13.9. The number of hydrogen-bond donors (Lipinski definition) is 1. The largest absolute Gasteiger partial charge is 0.353 e. The van der Waals surface area contributed by atoms with Crippen molar-refractivity contribution in [1.29, 1.82) is 0 Å². The van der Waals surface area contributed by atoms with Gasteiger partial charge in [0.2, 0.25) is 0 Å². The maximum absolute atomic E-state index is 4.87. The molecule has 118 valence electrons. The van der Waals surface area contributed by atoms with E-state index in [-0.39, 0.29) is 0 Å². The fraction of sp³-hybridized carbons (Fsp3) is 0.706. The van der Waals surface area contributed by atoms with Crippen LogP contribution in [-0.4, -0.2) is 49.2 Å². The van der Waals surface area contributed by atoms with Crippen molar-refractivity contribution in [1.82, 2.24) is 15.2 Å². The van der Waals surface area contributed by atoms with Crippen LogP contribution in [0.1, 0.15) is 37.1 Å². The topological polar surface area (TPSA) is 31.4 Å². The highest BCUT2D eigenvalue weighted by Crippen LogP contribution is 2.25. The van der Waals surface area contributed by atoms with Gasteiger partial charge in [-0.15, -0.1) is 0 Å². The van der Waals surface area contributed by atoms with Gasteiger partial charge in [0.05, 0.1) is 0 Å². The maximum atomic E-state index is 4.87. The minimum atomic E-state index is 0.633. The van der Waals surface area contributed by atoms with E-state index < -0.39 is 0 Å². The molecule has 0 amide bonds. The molecule has 2 rings (SSSR count). The normalized spacial score (nSPS) is 20.0. The molecule has 0 saturated carbocycles. The van der Waals surface area contributed by atoms with Crippen LogP contribution in [0.4, 0.5) is 5.82 Å². The van der Waals surface area contributed by atoms with E-state index in [1.54, 1.807) is 0 Å². The number of rotatable bonds is 5. The first-order valence-corrected chi connectivity index (χ1v) is 8.19. The van der Waals surface area contributed by atoms with Gasteiger partial charge in [-0.05, 0) is 45.5 Å². The Morgan fingerprint density at radius 1 is 1.29 bits per heavy atom. The molecule has 1 unspecified atom stereocenters. The minimum Gasteiger partial charge on any atom is -0.353 e. The maximum Gasteiger partial charge on any atom is 0.133 e. The number of aryl methyl sites for hydroxylation is 2. The highest BCUT2D eigenvalue weighted by Gasteiger charge is 2.25. The molecule has 0 spiro atoms. The Bertz CT molecular complexity index is 472. The van der Waals surface area contributed by atoms with Crippen LogP contribution < -0.4 is 10.2 Å². The molecular formula is C17H30N4. The van der Waals surface area contributed by atoms with E-state index in [0.29, 0.717) is 6.04 Å². The summed E-state index contributed by atoms with van der Waals surface area (Å²) in [5.41, 5.74) is 3.84. The summed E-state index contributed by atoms with van der Waals surface area (Å²) in [7, 11) is 2.24. The molecule has 0 aliphatic carbocycles. The van der Waals surface area contributed by atoms with Crippen molar-refractivity contribution in [2.45, 2.75) is 46.7 Å². The number of anilines is 1. The van der Waals surface area contributed by atoms with Crippen molar-refractivity contribution in [2.24, 2.45) is 0 Å². The summed E-state index contributed by atoms with van der Waals surface area (Å²) in [4.78, 5) is 9.83. The van der Waals surface area contributed by atoms with Crippen molar-refractivity contribution in [2.75, 3.05) is 38.1 Å². The second-order valence-corrected chi connectivity index (χ2v) is 6.15. The van der Waals surface area contributed by atoms with E-state index in [1.807, 2.05) is 0 Å². The summed E-state index contributed by atoms with van der Waals surface area (Å²) in [6.07, 6.45) is 1.19. The van der Waals surface area contributed by atoms with Crippen LogP contribution in [-0.2, 0) is 6.54 Å². The standard InChI is InChI=1S/C17H30N4/c1-6-15-12-21(9-8-20(15)5)17-16(11-18-7-2)13(3)10-14(4)19-17/h10,15,18H,6-9,11-12H2,1-5H3. The van der Waals surface area contributed by atoms with Gasteiger partial charge >= 0.3 is 0 Å². The number of nitrogens with one attached hydrogen (secondary N) is 1. The molecular weight excluding hydrogens is 260 g/mol. The molecule has 1 atom stereocenters. The van der Waals surface area contributed by atoms with Crippen LogP contribution in [0, 0.1) is 13.8 Å². The monoisotopic (exact) mass is 290 g/mol. The lowest BCUT2D eigenvalue weighted by molar-refractivity contribution is 0.212. The van der Waals surface area contributed by atoms with Crippen LogP contribution in [0.2, 0.25) is 0 Å².